The summed E-state index contributed by atoms with van der Waals surface area (Å²) < 4.78 is 2.19. The van der Waals surface area contributed by atoms with Gasteiger partial charge in [0.1, 0.15) is 0 Å². The first-order valence-electron chi connectivity index (χ1n) is 10.2. The fourth-order valence-corrected chi connectivity index (χ4v) is 3.80. The molecule has 1 fully saturated rings. The second-order valence-electron chi connectivity index (χ2n) is 9.17. The van der Waals surface area contributed by atoms with Gasteiger partial charge in [-0.2, -0.15) is 5.10 Å². The SMILES string of the molecule is CC1CCC(CNCc2cc(C(C)(C)C)nn2Cc2ccccc2)CC1. The molecule has 26 heavy (non-hydrogen) atoms. The number of hydrogen-bond donors (Lipinski definition) is 1. The van der Waals surface area contributed by atoms with Gasteiger partial charge in [-0.15, -0.1) is 0 Å². The molecule has 0 amide bonds. The molecule has 0 aliphatic heterocycles. The van der Waals surface area contributed by atoms with Crippen LogP contribution in [-0.4, -0.2) is 16.3 Å². The van der Waals surface area contributed by atoms with Crippen molar-refractivity contribution in [3.63, 3.8) is 0 Å². The molecule has 2 aromatic rings. The quantitative estimate of drug-likeness (QED) is 0.779. The van der Waals surface area contributed by atoms with Crippen molar-refractivity contribution in [1.29, 1.82) is 0 Å². The zero-order valence-corrected chi connectivity index (χ0v) is 17.0. The summed E-state index contributed by atoms with van der Waals surface area (Å²) in [6, 6.07) is 12.9. The van der Waals surface area contributed by atoms with E-state index in [1.165, 1.54) is 42.6 Å². The maximum absolute atomic E-state index is 4.93. The Hall–Kier alpha value is -1.61. The summed E-state index contributed by atoms with van der Waals surface area (Å²) in [5.74, 6) is 1.77. The molecule has 0 atom stereocenters. The molecule has 0 unspecified atom stereocenters. The molecule has 3 nitrogen and oxygen atoms in total. The summed E-state index contributed by atoms with van der Waals surface area (Å²) in [5.41, 5.74) is 3.86. The standard InChI is InChI=1S/C23H35N3/c1-18-10-12-19(13-11-18)15-24-16-21-14-22(23(2,3)4)25-26(21)17-20-8-6-5-7-9-20/h5-9,14,18-19,24H,10-13,15-17H2,1-4H3. The van der Waals surface area contributed by atoms with E-state index in [0.717, 1.165) is 31.5 Å². The van der Waals surface area contributed by atoms with Gasteiger partial charge in [0.05, 0.1) is 17.9 Å². The van der Waals surface area contributed by atoms with E-state index in [2.05, 4.69) is 74.1 Å². The van der Waals surface area contributed by atoms with E-state index in [1.807, 2.05) is 0 Å². The molecule has 1 saturated carbocycles. The first-order chi connectivity index (χ1) is 12.4. The summed E-state index contributed by atoms with van der Waals surface area (Å²) in [6.07, 6.45) is 5.55. The second kappa shape index (κ2) is 8.39. The maximum atomic E-state index is 4.93. The number of nitrogens with one attached hydrogen (secondary N) is 1. The van der Waals surface area contributed by atoms with Gasteiger partial charge < -0.3 is 5.32 Å². The molecule has 1 aliphatic rings. The van der Waals surface area contributed by atoms with Crippen LogP contribution in [0, 0.1) is 11.8 Å². The lowest BCUT2D eigenvalue weighted by atomic mass is 9.83. The van der Waals surface area contributed by atoms with Gasteiger partial charge >= 0.3 is 0 Å². The Kier molecular flexibility index (Phi) is 6.18. The van der Waals surface area contributed by atoms with Crippen LogP contribution in [0.15, 0.2) is 36.4 Å². The number of nitrogens with zero attached hydrogens (tertiary/aromatic N) is 2. The number of aromatic nitrogens is 2. The highest BCUT2D eigenvalue weighted by Gasteiger charge is 2.21. The average Bonchev–Trinajstić information content (AvgIpc) is 3.01. The van der Waals surface area contributed by atoms with Crippen LogP contribution >= 0.6 is 0 Å². The van der Waals surface area contributed by atoms with Crippen molar-refractivity contribution in [1.82, 2.24) is 15.1 Å². The van der Waals surface area contributed by atoms with Crippen molar-refractivity contribution in [3.05, 3.63) is 53.3 Å². The van der Waals surface area contributed by atoms with Gasteiger partial charge in [0.15, 0.2) is 0 Å². The predicted octanol–water partition coefficient (Wildman–Crippen LogP) is 5.14. The minimum atomic E-state index is 0.0796. The molecule has 3 heteroatoms. The van der Waals surface area contributed by atoms with E-state index in [-0.39, 0.29) is 5.41 Å². The van der Waals surface area contributed by atoms with Gasteiger partial charge in [-0.3, -0.25) is 4.68 Å². The maximum Gasteiger partial charge on any atom is 0.0681 e. The van der Waals surface area contributed by atoms with Crippen molar-refractivity contribution >= 4 is 0 Å². The molecular weight excluding hydrogens is 318 g/mol. The fraction of sp³-hybridized carbons (Fsp3) is 0.609. The molecular formula is C23H35N3. The van der Waals surface area contributed by atoms with Crippen LogP contribution < -0.4 is 5.32 Å². The first kappa shape index (κ1) is 19.2. The topological polar surface area (TPSA) is 29.9 Å². The van der Waals surface area contributed by atoms with Crippen molar-refractivity contribution < 1.29 is 0 Å². The van der Waals surface area contributed by atoms with Crippen LogP contribution in [0.5, 0.6) is 0 Å². The van der Waals surface area contributed by atoms with Gasteiger partial charge in [0, 0.05) is 12.0 Å². The van der Waals surface area contributed by atoms with Gasteiger partial charge in [-0.25, -0.2) is 0 Å². The van der Waals surface area contributed by atoms with E-state index >= 15 is 0 Å². The third kappa shape index (κ3) is 5.20. The van der Waals surface area contributed by atoms with Gasteiger partial charge in [0.2, 0.25) is 0 Å². The lowest BCUT2D eigenvalue weighted by molar-refractivity contribution is 0.281. The van der Waals surface area contributed by atoms with Crippen LogP contribution in [0.4, 0.5) is 0 Å². The van der Waals surface area contributed by atoms with Crippen LogP contribution in [-0.2, 0) is 18.5 Å². The lowest BCUT2D eigenvalue weighted by Gasteiger charge is -2.26. The molecule has 1 heterocycles. The minimum absolute atomic E-state index is 0.0796. The van der Waals surface area contributed by atoms with Crippen molar-refractivity contribution in [2.45, 2.75) is 71.9 Å². The molecule has 0 radical (unpaired) electrons. The number of hydrogen-bond acceptors (Lipinski definition) is 2. The number of benzene rings is 1. The summed E-state index contributed by atoms with van der Waals surface area (Å²) >= 11 is 0. The Morgan fingerprint density at radius 1 is 1.08 bits per heavy atom. The lowest BCUT2D eigenvalue weighted by Crippen LogP contribution is -2.26. The molecule has 0 saturated heterocycles. The normalized spacial score (nSPS) is 21.1. The molecule has 0 bridgehead atoms. The van der Waals surface area contributed by atoms with Crippen LogP contribution in [0.3, 0.4) is 0 Å². The Morgan fingerprint density at radius 3 is 2.42 bits per heavy atom. The van der Waals surface area contributed by atoms with Crippen molar-refractivity contribution in [2.75, 3.05) is 6.54 Å². The fourth-order valence-electron chi connectivity index (χ4n) is 3.80. The Morgan fingerprint density at radius 2 is 1.77 bits per heavy atom. The highest BCUT2D eigenvalue weighted by atomic mass is 15.3. The zero-order chi connectivity index (χ0) is 18.6. The molecule has 3 rings (SSSR count). The molecule has 1 N–H and O–H groups in total. The summed E-state index contributed by atoms with van der Waals surface area (Å²) in [7, 11) is 0. The molecule has 1 aromatic heterocycles. The van der Waals surface area contributed by atoms with Gasteiger partial charge in [0.25, 0.3) is 0 Å². The zero-order valence-electron chi connectivity index (χ0n) is 17.0. The highest BCUT2D eigenvalue weighted by Crippen LogP contribution is 2.28. The van der Waals surface area contributed by atoms with E-state index in [9.17, 15) is 0 Å². The summed E-state index contributed by atoms with van der Waals surface area (Å²) in [5, 5.41) is 8.65. The Labute approximate surface area is 159 Å². The third-order valence-electron chi connectivity index (χ3n) is 5.68. The molecule has 1 aromatic carbocycles. The van der Waals surface area contributed by atoms with Crippen LogP contribution in [0.2, 0.25) is 0 Å². The predicted molar refractivity (Wildman–Crippen MR) is 109 cm³/mol. The monoisotopic (exact) mass is 353 g/mol. The average molecular weight is 354 g/mol. The molecule has 1 aliphatic carbocycles. The molecule has 142 valence electrons. The Balaban J connectivity index is 1.65. The Bertz CT molecular complexity index is 673. The van der Waals surface area contributed by atoms with Gasteiger partial charge in [-0.1, -0.05) is 70.9 Å². The highest BCUT2D eigenvalue weighted by molar-refractivity contribution is 5.20. The third-order valence-corrected chi connectivity index (χ3v) is 5.68. The summed E-state index contributed by atoms with van der Waals surface area (Å²) in [6.45, 7) is 12.0. The largest absolute Gasteiger partial charge is 0.311 e. The smallest absolute Gasteiger partial charge is 0.0681 e. The van der Waals surface area contributed by atoms with Crippen LogP contribution in [0.1, 0.15) is 70.3 Å². The van der Waals surface area contributed by atoms with E-state index in [4.69, 9.17) is 5.10 Å². The summed E-state index contributed by atoms with van der Waals surface area (Å²) in [4.78, 5) is 0. The van der Waals surface area contributed by atoms with Crippen LogP contribution in [0.25, 0.3) is 0 Å². The van der Waals surface area contributed by atoms with Crippen molar-refractivity contribution in [3.8, 4) is 0 Å². The van der Waals surface area contributed by atoms with E-state index in [0.29, 0.717) is 0 Å². The molecule has 0 spiro atoms. The minimum Gasteiger partial charge on any atom is -0.311 e. The van der Waals surface area contributed by atoms with E-state index in [1.54, 1.807) is 0 Å². The van der Waals surface area contributed by atoms with E-state index < -0.39 is 0 Å². The second-order valence-corrected chi connectivity index (χ2v) is 9.17. The number of rotatable bonds is 6. The first-order valence-corrected chi connectivity index (χ1v) is 10.2. The van der Waals surface area contributed by atoms with Crippen molar-refractivity contribution in [2.24, 2.45) is 11.8 Å². The van der Waals surface area contributed by atoms with Gasteiger partial charge in [-0.05, 0) is 42.9 Å².